The minimum Gasteiger partial charge on any atom is -0.371 e. The number of nitrogens with one attached hydrogen (secondary N) is 3. The van der Waals surface area contributed by atoms with Gasteiger partial charge in [-0.05, 0) is 55.5 Å². The summed E-state index contributed by atoms with van der Waals surface area (Å²) in [5.74, 6) is -0.442. The highest BCUT2D eigenvalue weighted by Gasteiger charge is 2.40. The summed E-state index contributed by atoms with van der Waals surface area (Å²) in [4.78, 5) is 36.5. The molecular weight excluding hydrogens is 451 g/mol. The Balaban J connectivity index is 0.00000289. The Morgan fingerprint density at radius 1 is 1.12 bits per heavy atom. The largest absolute Gasteiger partial charge is 0.371 e. The molecule has 2 aliphatic rings. The number of anilines is 2. The van der Waals surface area contributed by atoms with E-state index in [1.165, 1.54) is 6.20 Å². The maximum atomic E-state index is 13.1. The Morgan fingerprint density at radius 2 is 1.88 bits per heavy atom. The van der Waals surface area contributed by atoms with Gasteiger partial charge >= 0.3 is 0 Å². The number of allylic oxidation sites excluding steroid dienone is 2. The van der Waals surface area contributed by atoms with Crippen molar-refractivity contribution in [1.82, 2.24) is 20.6 Å². The number of amides is 2. The first kappa shape index (κ1) is 23.6. The molecule has 0 aliphatic carbocycles. The van der Waals surface area contributed by atoms with E-state index in [4.69, 9.17) is 11.6 Å². The van der Waals surface area contributed by atoms with Crippen LogP contribution in [0.2, 0.25) is 5.02 Å². The summed E-state index contributed by atoms with van der Waals surface area (Å²) in [5.41, 5.74) is -0.294. The Morgan fingerprint density at radius 3 is 2.50 bits per heavy atom. The lowest BCUT2D eigenvalue weighted by Gasteiger charge is -2.36. The molecule has 0 bridgehead atoms. The topological polar surface area (TPSA) is 99.2 Å². The Labute approximate surface area is 197 Å². The molecule has 1 unspecified atom stereocenters. The molecule has 2 amide bonds. The summed E-state index contributed by atoms with van der Waals surface area (Å²) in [6.07, 6.45) is 13.1. The number of pyridine rings is 2. The van der Waals surface area contributed by atoms with Crippen molar-refractivity contribution in [1.29, 1.82) is 0 Å². The van der Waals surface area contributed by atoms with Gasteiger partial charge in [0, 0.05) is 43.3 Å². The van der Waals surface area contributed by atoms with Crippen LogP contribution in [0.1, 0.15) is 12.8 Å². The van der Waals surface area contributed by atoms with Gasteiger partial charge in [-0.2, -0.15) is 0 Å². The summed E-state index contributed by atoms with van der Waals surface area (Å²) in [6, 6.07) is 7.17. The maximum Gasteiger partial charge on any atom is 0.276 e. The quantitative estimate of drug-likeness (QED) is 0.615. The average molecular weight is 475 g/mol. The molecule has 1 saturated heterocycles. The van der Waals surface area contributed by atoms with Crippen molar-refractivity contribution < 1.29 is 9.59 Å². The Kier molecular flexibility index (Phi) is 7.71. The van der Waals surface area contributed by atoms with Gasteiger partial charge in [-0.15, -0.1) is 12.4 Å². The van der Waals surface area contributed by atoms with E-state index in [0.717, 1.165) is 18.8 Å². The van der Waals surface area contributed by atoms with Crippen molar-refractivity contribution >= 4 is 47.3 Å². The first-order chi connectivity index (χ1) is 15.1. The summed E-state index contributed by atoms with van der Waals surface area (Å²) in [6.45, 7) is 1.53. The van der Waals surface area contributed by atoms with Gasteiger partial charge in [-0.1, -0.05) is 17.7 Å². The van der Waals surface area contributed by atoms with Gasteiger partial charge in [0.15, 0.2) is 0 Å². The second-order valence-corrected chi connectivity index (χ2v) is 7.88. The average Bonchev–Trinajstić information content (AvgIpc) is 2.82. The molecule has 0 aromatic carbocycles. The first-order valence-corrected chi connectivity index (χ1v) is 10.5. The molecule has 4 rings (SSSR count). The predicted octanol–water partition coefficient (Wildman–Crippen LogP) is 2.89. The predicted molar refractivity (Wildman–Crippen MR) is 127 cm³/mol. The molecule has 0 spiro atoms. The molecule has 1 atom stereocenters. The van der Waals surface area contributed by atoms with Crippen molar-refractivity contribution in [3.05, 3.63) is 72.3 Å². The molecule has 3 N–H and O–H groups in total. The molecule has 2 aliphatic heterocycles. The molecule has 0 saturated carbocycles. The molecule has 0 radical (unpaired) electrons. The zero-order valence-corrected chi connectivity index (χ0v) is 18.8. The van der Waals surface area contributed by atoms with Crippen LogP contribution in [0.3, 0.4) is 0 Å². The lowest BCUT2D eigenvalue weighted by molar-refractivity contribution is -0.132. The van der Waals surface area contributed by atoms with Gasteiger partial charge in [0.1, 0.15) is 5.82 Å². The molecule has 4 heterocycles. The number of carbonyl (C=O) groups excluding carboxylic acids is 2. The zero-order valence-electron chi connectivity index (χ0n) is 17.2. The van der Waals surface area contributed by atoms with Gasteiger partial charge in [0.25, 0.3) is 5.91 Å². The number of halogens is 2. The normalized spacial score (nSPS) is 20.1. The number of piperidine rings is 1. The van der Waals surface area contributed by atoms with Gasteiger partial charge in [0.2, 0.25) is 11.6 Å². The van der Waals surface area contributed by atoms with Crippen LogP contribution in [0.4, 0.5) is 11.5 Å². The van der Waals surface area contributed by atoms with Crippen LogP contribution >= 0.6 is 24.0 Å². The fourth-order valence-corrected chi connectivity index (χ4v) is 3.79. The highest BCUT2D eigenvalue weighted by molar-refractivity contribution is 6.30. The van der Waals surface area contributed by atoms with E-state index in [2.05, 4.69) is 30.8 Å². The third kappa shape index (κ3) is 5.38. The van der Waals surface area contributed by atoms with E-state index in [1.807, 2.05) is 12.1 Å². The molecule has 168 valence electrons. The Bertz CT molecular complexity index is 991. The van der Waals surface area contributed by atoms with E-state index in [9.17, 15) is 9.59 Å². The third-order valence-corrected chi connectivity index (χ3v) is 5.63. The lowest BCUT2D eigenvalue weighted by Crippen LogP contribution is -2.65. The zero-order chi connectivity index (χ0) is 21.7. The fraction of sp³-hybridized carbons (Fsp3) is 0.273. The molecule has 8 nitrogen and oxygen atoms in total. The Hall–Kier alpha value is -3.10. The second-order valence-electron chi connectivity index (χ2n) is 7.44. The number of hydrogen-bond donors (Lipinski definition) is 3. The van der Waals surface area contributed by atoms with Gasteiger partial charge in [-0.3, -0.25) is 14.6 Å². The minimum absolute atomic E-state index is 0. The van der Waals surface area contributed by atoms with Crippen LogP contribution in [0.15, 0.2) is 67.3 Å². The maximum absolute atomic E-state index is 13.1. The van der Waals surface area contributed by atoms with Crippen molar-refractivity contribution in [2.75, 3.05) is 23.3 Å². The van der Waals surface area contributed by atoms with E-state index in [-0.39, 0.29) is 24.2 Å². The summed E-state index contributed by atoms with van der Waals surface area (Å²) in [7, 11) is 0. The highest BCUT2D eigenvalue weighted by Crippen LogP contribution is 2.24. The van der Waals surface area contributed by atoms with Crippen LogP contribution in [-0.2, 0) is 9.59 Å². The second kappa shape index (κ2) is 10.5. The van der Waals surface area contributed by atoms with Crippen LogP contribution < -0.4 is 20.9 Å². The minimum atomic E-state index is -1.39. The number of dihydropyridines is 1. The lowest BCUT2D eigenvalue weighted by atomic mass is 9.94. The van der Waals surface area contributed by atoms with Crippen LogP contribution in [0.5, 0.6) is 0 Å². The van der Waals surface area contributed by atoms with Crippen LogP contribution in [0.25, 0.3) is 0 Å². The van der Waals surface area contributed by atoms with E-state index in [1.54, 1.807) is 49.0 Å². The fourth-order valence-electron chi connectivity index (χ4n) is 3.67. The van der Waals surface area contributed by atoms with Crippen molar-refractivity contribution in [3.8, 4) is 0 Å². The van der Waals surface area contributed by atoms with E-state index >= 15 is 0 Å². The number of aromatic nitrogens is 2. The molecular formula is C22H24Cl2N6O2. The van der Waals surface area contributed by atoms with Crippen molar-refractivity contribution in [2.24, 2.45) is 5.92 Å². The SMILES string of the molecule is Cl.O=C(NC1(C(=O)Nc2ccc(Cl)cn2)C=CC=CN1)C1CCN(c2ccncc2)CC1. The van der Waals surface area contributed by atoms with Gasteiger partial charge in [-0.25, -0.2) is 4.98 Å². The summed E-state index contributed by atoms with van der Waals surface area (Å²) in [5, 5.41) is 9.09. The number of nitrogens with zero attached hydrogens (tertiary/aromatic N) is 3. The first-order valence-electron chi connectivity index (χ1n) is 10.1. The highest BCUT2D eigenvalue weighted by atomic mass is 35.5. The number of carbonyl (C=O) groups is 2. The molecule has 1 fully saturated rings. The number of hydrogen-bond acceptors (Lipinski definition) is 6. The standard InChI is InChI=1S/C22H23ClN6O2.ClH/c23-17-3-4-19(25-15-17)27-21(31)22(9-1-2-10-26-22)28-20(30)16-7-13-29(14-8-16)18-5-11-24-12-6-18;/h1-6,9-12,15-16,26H,7-8,13-14H2,(H,28,30)(H,25,27,31);1H. The third-order valence-electron chi connectivity index (χ3n) is 5.41. The molecule has 2 aromatic rings. The summed E-state index contributed by atoms with van der Waals surface area (Å²) < 4.78 is 0. The molecule has 10 heteroatoms. The van der Waals surface area contributed by atoms with E-state index < -0.39 is 11.6 Å². The van der Waals surface area contributed by atoms with Crippen LogP contribution in [0, 0.1) is 5.92 Å². The van der Waals surface area contributed by atoms with Crippen LogP contribution in [-0.4, -0.2) is 40.5 Å². The molecule has 2 aromatic heterocycles. The number of rotatable bonds is 5. The smallest absolute Gasteiger partial charge is 0.276 e. The van der Waals surface area contributed by atoms with Crippen molar-refractivity contribution in [2.45, 2.75) is 18.5 Å². The van der Waals surface area contributed by atoms with Gasteiger partial charge in [0.05, 0.1) is 5.02 Å². The summed E-state index contributed by atoms with van der Waals surface area (Å²) >= 11 is 5.86. The monoisotopic (exact) mass is 474 g/mol. The molecule has 32 heavy (non-hydrogen) atoms. The van der Waals surface area contributed by atoms with Gasteiger partial charge < -0.3 is 20.9 Å². The van der Waals surface area contributed by atoms with Crippen molar-refractivity contribution in [3.63, 3.8) is 0 Å². The van der Waals surface area contributed by atoms with E-state index in [0.29, 0.717) is 23.7 Å².